The lowest BCUT2D eigenvalue weighted by Crippen LogP contribution is -2.48. The molecule has 1 rings (SSSR count). The topological polar surface area (TPSA) is 125 Å². The molecule has 5 N–H and O–H groups in total. The Morgan fingerprint density at radius 1 is 0.744 bits per heavy atom. The molecule has 1 saturated carbocycles. The van der Waals surface area contributed by atoms with Crippen molar-refractivity contribution in [3.8, 4) is 0 Å². The van der Waals surface area contributed by atoms with Gasteiger partial charge in [0.25, 0.3) is 0 Å². The fourth-order valence-corrected chi connectivity index (χ4v) is 6.36. The van der Waals surface area contributed by atoms with Crippen LogP contribution >= 0.6 is 11.8 Å². The van der Waals surface area contributed by atoms with Gasteiger partial charge < -0.3 is 26.4 Å². The second-order valence-electron chi connectivity index (χ2n) is 12.5. The lowest BCUT2D eigenvalue weighted by Gasteiger charge is -2.24. The number of unbranched alkanes of at least 4 members (excludes halogenated alkanes) is 16. The summed E-state index contributed by atoms with van der Waals surface area (Å²) in [5.74, 6) is 0.783. The van der Waals surface area contributed by atoms with Gasteiger partial charge in [0, 0.05) is 36.9 Å². The van der Waals surface area contributed by atoms with E-state index < -0.39 is 6.04 Å². The molecule has 1 fully saturated rings. The third-order valence-corrected chi connectivity index (χ3v) is 9.52. The molecule has 9 heteroatoms. The van der Waals surface area contributed by atoms with Crippen LogP contribution in [0.15, 0.2) is 0 Å². The van der Waals surface area contributed by atoms with Crippen molar-refractivity contribution in [3.63, 3.8) is 0 Å². The molecule has 8 nitrogen and oxygen atoms in total. The predicted molar refractivity (Wildman–Crippen MR) is 181 cm³/mol. The predicted octanol–water partition coefficient (Wildman–Crippen LogP) is 6.43. The van der Waals surface area contributed by atoms with E-state index in [1.807, 2.05) is 0 Å². The lowest BCUT2D eigenvalue weighted by atomic mass is 10.1. The van der Waals surface area contributed by atoms with E-state index in [2.05, 4.69) is 24.5 Å². The molecule has 0 aliphatic heterocycles. The maximum absolute atomic E-state index is 12.7. The minimum absolute atomic E-state index is 0.0160. The van der Waals surface area contributed by atoms with Crippen molar-refractivity contribution >= 4 is 29.5 Å². The lowest BCUT2D eigenvalue weighted by molar-refractivity contribution is -0.136. The molecule has 0 radical (unpaired) electrons. The summed E-state index contributed by atoms with van der Waals surface area (Å²) in [5, 5.41) is 15.7. The van der Waals surface area contributed by atoms with Crippen LogP contribution in [0.4, 0.5) is 0 Å². The standard InChI is InChI=1S/C34H66N4O4S/c1-3-5-7-9-11-13-15-17-19-21-32(40)36-25-29(26-43-27-31(35)34(42)38(28-39)30-23-24-30)37-33(41)22-20-18-16-14-12-10-8-6-4-2/h29-31,39H,3-28,35H2,1-2H3,(H,36,40)(H,37,41)/t29-,31-/m1/s1. The molecule has 252 valence electrons. The monoisotopic (exact) mass is 626 g/mol. The van der Waals surface area contributed by atoms with Crippen molar-refractivity contribution in [3.05, 3.63) is 0 Å². The average molecular weight is 627 g/mol. The first-order chi connectivity index (χ1) is 20.9. The SMILES string of the molecule is CCCCCCCCCCCC(=O)NC[C@H](CSC[C@@H](N)C(=O)N(CO)C1CC1)NC(=O)CCCCCCCCCCC. The summed E-state index contributed by atoms with van der Waals surface area (Å²) in [5.41, 5.74) is 6.15. The molecule has 0 spiro atoms. The van der Waals surface area contributed by atoms with Gasteiger partial charge in [0.2, 0.25) is 17.7 Å². The summed E-state index contributed by atoms with van der Waals surface area (Å²) < 4.78 is 0. The highest BCUT2D eigenvalue weighted by molar-refractivity contribution is 7.99. The Balaban J connectivity index is 2.37. The number of carbonyl (C=O) groups excluding carboxylic acids is 3. The highest BCUT2D eigenvalue weighted by atomic mass is 32.2. The molecule has 43 heavy (non-hydrogen) atoms. The molecule has 0 aromatic heterocycles. The quantitative estimate of drug-likeness (QED) is 0.0538. The van der Waals surface area contributed by atoms with Gasteiger partial charge in [-0.25, -0.2) is 0 Å². The molecule has 1 aliphatic rings. The van der Waals surface area contributed by atoms with E-state index in [1.165, 1.54) is 107 Å². The molecule has 0 heterocycles. The summed E-state index contributed by atoms with van der Waals surface area (Å²) in [6, 6.07) is -0.803. The Morgan fingerprint density at radius 3 is 1.67 bits per heavy atom. The van der Waals surface area contributed by atoms with E-state index in [-0.39, 0.29) is 36.5 Å². The normalized spacial score (nSPS) is 14.3. The van der Waals surface area contributed by atoms with Gasteiger partial charge in [0.05, 0.1) is 12.1 Å². The molecule has 0 bridgehead atoms. The van der Waals surface area contributed by atoms with Gasteiger partial charge >= 0.3 is 0 Å². The van der Waals surface area contributed by atoms with Crippen LogP contribution in [0.2, 0.25) is 0 Å². The number of nitrogens with zero attached hydrogens (tertiary/aromatic N) is 1. The first-order valence-electron chi connectivity index (χ1n) is 17.7. The molecule has 0 unspecified atom stereocenters. The number of amides is 3. The number of aliphatic hydroxyl groups is 1. The van der Waals surface area contributed by atoms with E-state index in [0.717, 1.165) is 38.5 Å². The minimum Gasteiger partial charge on any atom is -0.376 e. The van der Waals surface area contributed by atoms with E-state index >= 15 is 0 Å². The third-order valence-electron chi connectivity index (χ3n) is 8.28. The maximum atomic E-state index is 12.7. The highest BCUT2D eigenvalue weighted by Crippen LogP contribution is 2.27. The van der Waals surface area contributed by atoms with Gasteiger partial charge in [0.1, 0.15) is 6.73 Å². The van der Waals surface area contributed by atoms with Crippen LogP contribution in [0.25, 0.3) is 0 Å². The van der Waals surface area contributed by atoms with Crippen LogP contribution in [0, 0.1) is 0 Å². The first kappa shape index (κ1) is 39.7. The van der Waals surface area contributed by atoms with Gasteiger partial charge in [-0.1, -0.05) is 117 Å². The number of nitrogens with one attached hydrogen (secondary N) is 2. The molecule has 2 atom stereocenters. The number of nitrogens with two attached hydrogens (primary N) is 1. The Morgan fingerprint density at radius 2 is 1.21 bits per heavy atom. The fourth-order valence-electron chi connectivity index (χ4n) is 5.34. The molecular formula is C34H66N4O4S. The van der Waals surface area contributed by atoms with Gasteiger partial charge in [-0.15, -0.1) is 0 Å². The number of rotatable bonds is 30. The number of thioether (sulfide) groups is 1. The van der Waals surface area contributed by atoms with Crippen molar-refractivity contribution in [2.75, 3.05) is 24.8 Å². The summed E-state index contributed by atoms with van der Waals surface area (Å²) in [6.07, 6.45) is 24.6. The summed E-state index contributed by atoms with van der Waals surface area (Å²) in [7, 11) is 0. The smallest absolute Gasteiger partial charge is 0.242 e. The summed E-state index contributed by atoms with van der Waals surface area (Å²) in [6.45, 7) is 4.54. The fraction of sp³-hybridized carbons (Fsp3) is 0.912. The van der Waals surface area contributed by atoms with Gasteiger partial charge in [-0.05, 0) is 25.7 Å². The molecule has 1 aliphatic carbocycles. The molecular weight excluding hydrogens is 560 g/mol. The van der Waals surface area contributed by atoms with E-state index in [1.54, 1.807) is 0 Å². The second-order valence-corrected chi connectivity index (χ2v) is 13.6. The van der Waals surface area contributed by atoms with Crippen molar-refractivity contribution in [2.45, 2.75) is 173 Å². The zero-order valence-corrected chi connectivity index (χ0v) is 28.5. The van der Waals surface area contributed by atoms with Crippen LogP contribution in [0.5, 0.6) is 0 Å². The first-order valence-corrected chi connectivity index (χ1v) is 18.9. The third kappa shape index (κ3) is 21.9. The molecule has 0 aromatic rings. The van der Waals surface area contributed by atoms with Crippen LogP contribution in [-0.4, -0.2) is 70.6 Å². The van der Waals surface area contributed by atoms with Crippen molar-refractivity contribution in [1.82, 2.24) is 15.5 Å². The van der Waals surface area contributed by atoms with Gasteiger partial charge in [-0.3, -0.25) is 14.4 Å². The Hall–Kier alpha value is -1.32. The largest absolute Gasteiger partial charge is 0.376 e. The Kier molecular flexibility index (Phi) is 25.0. The number of aliphatic hydroxyl groups excluding tert-OH is 1. The van der Waals surface area contributed by atoms with Crippen LogP contribution < -0.4 is 16.4 Å². The molecule has 0 saturated heterocycles. The van der Waals surface area contributed by atoms with Crippen molar-refractivity contribution in [2.24, 2.45) is 5.73 Å². The molecule has 0 aromatic carbocycles. The molecule has 3 amide bonds. The zero-order valence-electron chi connectivity index (χ0n) is 27.7. The second kappa shape index (κ2) is 27.0. The van der Waals surface area contributed by atoms with Crippen LogP contribution in [0.1, 0.15) is 155 Å². The van der Waals surface area contributed by atoms with E-state index in [0.29, 0.717) is 30.9 Å². The Bertz CT molecular complexity index is 723. The van der Waals surface area contributed by atoms with Crippen molar-refractivity contribution < 1.29 is 19.5 Å². The highest BCUT2D eigenvalue weighted by Gasteiger charge is 2.34. The van der Waals surface area contributed by atoms with Gasteiger partial charge in [-0.2, -0.15) is 11.8 Å². The maximum Gasteiger partial charge on any atom is 0.242 e. The Labute approximate surface area is 267 Å². The van der Waals surface area contributed by atoms with Crippen LogP contribution in [0.3, 0.4) is 0 Å². The summed E-state index contributed by atoms with van der Waals surface area (Å²) >= 11 is 1.51. The van der Waals surface area contributed by atoms with E-state index in [9.17, 15) is 19.5 Å². The minimum atomic E-state index is -0.697. The number of hydrogen-bond acceptors (Lipinski definition) is 6. The average Bonchev–Trinajstić information content (AvgIpc) is 3.83. The van der Waals surface area contributed by atoms with Gasteiger partial charge in [0.15, 0.2) is 0 Å². The summed E-state index contributed by atoms with van der Waals surface area (Å²) in [4.78, 5) is 39.3. The van der Waals surface area contributed by atoms with Crippen LogP contribution in [-0.2, 0) is 14.4 Å². The number of hydrogen-bond donors (Lipinski definition) is 4. The zero-order chi connectivity index (χ0) is 31.5. The number of carbonyl (C=O) groups is 3. The van der Waals surface area contributed by atoms with E-state index in [4.69, 9.17) is 5.73 Å². The van der Waals surface area contributed by atoms with Crippen molar-refractivity contribution in [1.29, 1.82) is 0 Å².